The van der Waals surface area contributed by atoms with Crippen LogP contribution in [0, 0.1) is 0 Å². The Hall–Kier alpha value is -0.570. The number of hydrogen-bond donors (Lipinski definition) is 5. The van der Waals surface area contributed by atoms with E-state index < -0.39 is 0 Å². The van der Waals surface area contributed by atoms with Crippen LogP contribution in [0.25, 0.3) is 0 Å². The molecule has 0 aliphatic heterocycles. The van der Waals surface area contributed by atoms with E-state index in [0.29, 0.717) is 0 Å². The molecule has 81 heavy (non-hydrogen) atoms. The molecule has 0 bridgehead atoms. The van der Waals surface area contributed by atoms with Gasteiger partial charge in [0.15, 0.2) is 74.4 Å². The van der Waals surface area contributed by atoms with Crippen molar-refractivity contribution in [3.63, 3.8) is 0 Å². The first kappa shape index (κ1) is 89.2. The number of halogens is 10. The topological polar surface area (TPSA) is 96.9 Å². The van der Waals surface area contributed by atoms with E-state index in [0.717, 1.165) is 102 Å². The minimum absolute atomic E-state index is 0. The molecule has 7 rings (SSSR count). The number of aryl methyl sites for hydroxylation is 6. The second-order valence-electron chi connectivity index (χ2n) is 17.3. The van der Waals surface area contributed by atoms with E-state index in [9.17, 15) is 0 Å². The van der Waals surface area contributed by atoms with Crippen molar-refractivity contribution in [2.75, 3.05) is 10.7 Å². The van der Waals surface area contributed by atoms with Crippen molar-refractivity contribution in [3.05, 3.63) is 211 Å². The summed E-state index contributed by atoms with van der Waals surface area (Å²) in [6.45, 7) is 6.45. The van der Waals surface area contributed by atoms with Crippen molar-refractivity contribution in [1.29, 1.82) is 0 Å². The zero-order chi connectivity index (χ0) is 53.3. The third-order valence-corrected chi connectivity index (χ3v) is 14.4. The molecule has 0 unspecified atom stereocenters. The van der Waals surface area contributed by atoms with Crippen LogP contribution in [0.1, 0.15) is 97.7 Å². The van der Waals surface area contributed by atoms with Crippen molar-refractivity contribution in [2.45, 2.75) is 140 Å². The van der Waals surface area contributed by atoms with Crippen LogP contribution >= 0.6 is 191 Å². The number of aliphatic hydroxyl groups excluding tert-OH is 3. The molecule has 0 radical (unpaired) electrons. The van der Waals surface area contributed by atoms with Crippen LogP contribution in [-0.4, -0.2) is 31.0 Å². The molecule has 7 heterocycles. The molecular weight excluding hydrogens is 1720 g/mol. The van der Waals surface area contributed by atoms with E-state index in [-0.39, 0.29) is 129 Å². The van der Waals surface area contributed by atoms with Crippen molar-refractivity contribution in [3.8, 4) is 0 Å². The Bertz CT molecular complexity index is 2150. The lowest BCUT2D eigenvalue weighted by atomic mass is 10.2. The highest BCUT2D eigenvalue weighted by Gasteiger charge is 2.09. The molecule has 0 aliphatic carbocycles. The van der Waals surface area contributed by atoms with E-state index in [1.165, 1.54) is 60.8 Å². The first-order valence-corrected chi connectivity index (χ1v) is 31.1. The Labute approximate surface area is 593 Å². The average Bonchev–Trinajstić information content (AvgIpc) is 3.47. The second-order valence-corrected chi connectivity index (χ2v) is 20.7. The fourth-order valence-corrected chi connectivity index (χ4v) is 9.10. The molecule has 0 fully saturated rings. The Morgan fingerprint density at radius 1 is 0.346 bits per heavy atom. The number of aromatic nitrogens is 7. The van der Waals surface area contributed by atoms with Crippen LogP contribution in [0.5, 0.6) is 0 Å². The fraction of sp³-hybridized carbons (Fsp3) is 0.407. The molecule has 7 aromatic rings. The highest BCUT2D eigenvalue weighted by Crippen LogP contribution is 2.05. The van der Waals surface area contributed by atoms with Crippen LogP contribution in [-0.2, 0) is 81.3 Å². The lowest BCUT2D eigenvalue weighted by Crippen LogP contribution is -2.36. The highest BCUT2D eigenvalue weighted by molar-refractivity contribution is 9.09. The second kappa shape index (κ2) is 59.7. The molecule has 0 aromatic carbocycles. The van der Waals surface area contributed by atoms with E-state index in [1.54, 1.807) is 18.5 Å². The Balaban J connectivity index is -0.000000306. The normalized spacial score (nSPS) is 9.49. The van der Waals surface area contributed by atoms with Crippen LogP contribution in [0.3, 0.4) is 0 Å². The summed E-state index contributed by atoms with van der Waals surface area (Å²) in [6, 6.07) is 28.3. The summed E-state index contributed by atoms with van der Waals surface area (Å²) < 4.78 is 13.3. The molecule has 0 atom stereocenters. The van der Waals surface area contributed by atoms with Gasteiger partial charge >= 0.3 is 0 Å². The van der Waals surface area contributed by atoms with Gasteiger partial charge in [0.25, 0.3) is 0 Å². The number of unbranched alkanes of at least 4 members (excludes halogenated alkanes) is 4. The largest absolute Gasteiger partial charge is 0.392 e. The quantitative estimate of drug-likeness (QED) is 0.0170. The summed E-state index contributed by atoms with van der Waals surface area (Å²) in [4.78, 5) is 3.80. The number of aliphatic hydroxyl groups is 3. The summed E-state index contributed by atoms with van der Waals surface area (Å²) >= 11 is 22.3. The molecule has 0 spiro atoms. The van der Waals surface area contributed by atoms with Gasteiger partial charge in [0, 0.05) is 154 Å². The molecule has 0 saturated heterocycles. The summed E-state index contributed by atoms with van der Waals surface area (Å²) in [7, 11) is 0. The van der Waals surface area contributed by atoms with Gasteiger partial charge in [-0.15, -0.1) is 102 Å². The Morgan fingerprint density at radius 2 is 0.593 bits per heavy atom. The predicted octanol–water partition coefficient (Wildman–Crippen LogP) is 14.1. The molecule has 3 N–H and O–H groups in total. The van der Waals surface area contributed by atoms with Gasteiger partial charge < -0.3 is 15.3 Å². The van der Waals surface area contributed by atoms with E-state index in [4.69, 9.17) is 15.3 Å². The van der Waals surface area contributed by atoms with Gasteiger partial charge in [0.1, 0.15) is 39.3 Å². The van der Waals surface area contributed by atoms with Crippen molar-refractivity contribution in [2.24, 2.45) is 0 Å². The van der Waals surface area contributed by atoms with E-state index >= 15 is 0 Å². The maximum Gasteiger partial charge on any atom is 0.174 e. The minimum atomic E-state index is 0. The number of nitrogens with zero attached hydrogens (tertiary/aromatic N) is 7. The molecular formula is C59H89Br10N7O3S2+6. The number of thiol groups is 2. The van der Waals surface area contributed by atoms with Gasteiger partial charge in [-0.05, 0) is 60.9 Å². The smallest absolute Gasteiger partial charge is 0.174 e. The van der Waals surface area contributed by atoms with Gasteiger partial charge in [-0.3, -0.25) is 4.98 Å². The zero-order valence-electron chi connectivity index (χ0n) is 45.3. The number of rotatable bonds is 25. The van der Waals surface area contributed by atoms with Crippen molar-refractivity contribution < 1.29 is 42.7 Å². The number of hydrogen-bond acceptors (Lipinski definition) is 6. The molecule has 7 aromatic heterocycles. The van der Waals surface area contributed by atoms with Gasteiger partial charge in [-0.2, -0.15) is 25.3 Å². The standard InChI is InChI=1S/C16H20Br2N2.C16H22N2O2.C16H20N2S2.C6H7NO.C4H8Br2.CH4.6BrH/c17-11-15-5-3-9-19(13-15)7-1-2-8-20-10-4-6-16(12-18)14-20;2*19-13-15-5-3-9-17(11-15)7-1-2-8-18-10-4-6-16(12-18)14-20;8-5-6-2-1-3-7-4-6;5-3-1-2-4-6;;;;;;;/h3-6,9-10,13-14H,1-2,7-8,11-12H2;3-6,9-12,19-20H,1-2,7-8,13-14H2;3-6,9-12H,1-2,7-8,13-14H2;1-4,8H,5H2;1-4H2;1H4;6*1H/q2*+2;;;;;;;;;;/p+2. The lowest BCUT2D eigenvalue weighted by Gasteiger charge is -2.00. The first-order valence-electron chi connectivity index (χ1n) is 25.3. The van der Waals surface area contributed by atoms with Crippen molar-refractivity contribution >= 4 is 191 Å². The highest BCUT2D eigenvalue weighted by atomic mass is 79.9. The van der Waals surface area contributed by atoms with Gasteiger partial charge in [0.2, 0.25) is 0 Å². The van der Waals surface area contributed by atoms with Gasteiger partial charge in [0.05, 0.1) is 19.8 Å². The minimum Gasteiger partial charge on any atom is -0.392 e. The monoisotopic (exact) mass is 1800 g/mol. The maximum absolute atomic E-state index is 9.09. The average molecular weight is 1810 g/mol. The summed E-state index contributed by atoms with van der Waals surface area (Å²) in [5.41, 5.74) is 7.93. The zero-order valence-corrected chi connectivity index (χ0v) is 63.7. The predicted molar refractivity (Wildman–Crippen MR) is 386 cm³/mol. The summed E-state index contributed by atoms with van der Waals surface area (Å²) in [5, 5.41) is 30.8. The number of pyridine rings is 7. The third-order valence-electron chi connectivity index (χ3n) is 11.2. The first-order chi connectivity index (χ1) is 36.3. The molecule has 22 heteroatoms. The lowest BCUT2D eigenvalue weighted by molar-refractivity contribution is -0.708. The molecule has 454 valence electrons. The molecule has 0 saturated carbocycles. The van der Waals surface area contributed by atoms with Gasteiger partial charge in [-0.25, -0.2) is 27.4 Å². The van der Waals surface area contributed by atoms with Crippen LogP contribution < -0.4 is 27.4 Å². The summed E-state index contributed by atoms with van der Waals surface area (Å²) in [5.74, 6) is 1.60. The SMILES string of the molecule is Br.Br.Br.Br.Br.Br.BrCCCCBr.BrCc1ccc[n+](CCCC[n+]2cccc(CBr)c2)c1.C.OCc1ccc[n+](CCCC[n+]2cccc(CO)c2)c1.OCc1cccnc1.SCc1ccc[n+](CCCC[n+]2cccc(CS)c2)c1. The number of alkyl halides is 4. The maximum atomic E-state index is 9.09. The fourth-order valence-electron chi connectivity index (χ4n) is 7.27. The van der Waals surface area contributed by atoms with E-state index in [2.05, 4.69) is 219 Å². The molecule has 0 amide bonds. The van der Waals surface area contributed by atoms with Crippen LogP contribution in [0.15, 0.2) is 172 Å². The molecule has 10 nitrogen and oxygen atoms in total. The Morgan fingerprint density at radius 3 is 0.815 bits per heavy atom. The van der Waals surface area contributed by atoms with Crippen LogP contribution in [0.4, 0.5) is 0 Å². The van der Waals surface area contributed by atoms with Crippen molar-refractivity contribution in [1.82, 2.24) is 4.98 Å². The third kappa shape index (κ3) is 42.8. The van der Waals surface area contributed by atoms with Crippen LogP contribution in [0.2, 0.25) is 0 Å². The van der Waals surface area contributed by atoms with E-state index in [1.807, 2.05) is 55.1 Å². The molecule has 0 aliphatic rings. The van der Waals surface area contributed by atoms with Gasteiger partial charge in [-0.1, -0.05) is 77.2 Å². The Kier molecular flexibility index (Phi) is 65.8. The summed E-state index contributed by atoms with van der Waals surface area (Å²) in [6.07, 6.45) is 38.2.